The summed E-state index contributed by atoms with van der Waals surface area (Å²) in [6.45, 7) is 2.53. The summed E-state index contributed by atoms with van der Waals surface area (Å²) < 4.78 is 5.49. The van der Waals surface area contributed by atoms with Gasteiger partial charge in [0.05, 0.1) is 6.54 Å². The van der Waals surface area contributed by atoms with Gasteiger partial charge in [0.2, 0.25) is 0 Å². The molecule has 1 N–H and O–H groups in total. The number of rotatable bonds is 5. The van der Waals surface area contributed by atoms with E-state index in [0.29, 0.717) is 23.7 Å². The molecule has 0 aromatic heterocycles. The second kappa shape index (κ2) is 8.11. The molecule has 0 bridgehead atoms. The van der Waals surface area contributed by atoms with Crippen molar-refractivity contribution >= 4 is 17.6 Å². The lowest BCUT2D eigenvalue weighted by Gasteiger charge is -2.26. The van der Waals surface area contributed by atoms with E-state index in [1.54, 1.807) is 24.3 Å². The summed E-state index contributed by atoms with van der Waals surface area (Å²) in [5.41, 5.74) is 1.17. The van der Waals surface area contributed by atoms with Crippen LogP contribution in [0.25, 0.3) is 0 Å². The van der Waals surface area contributed by atoms with Gasteiger partial charge in [-0.2, -0.15) is 0 Å². The summed E-state index contributed by atoms with van der Waals surface area (Å²) in [7, 11) is 3.70. The zero-order chi connectivity index (χ0) is 16.8. The first-order chi connectivity index (χ1) is 10.9. The van der Waals surface area contributed by atoms with Crippen LogP contribution in [0.1, 0.15) is 43.0 Å². The van der Waals surface area contributed by atoms with Crippen LogP contribution in [-0.4, -0.2) is 43.5 Å². The number of nitrogens with zero attached hydrogens (tertiary/aromatic N) is 1. The summed E-state index contributed by atoms with van der Waals surface area (Å²) >= 11 is 0. The second-order valence-electron chi connectivity index (χ2n) is 6.67. The van der Waals surface area contributed by atoms with Gasteiger partial charge in [0, 0.05) is 11.3 Å². The Morgan fingerprint density at radius 3 is 2.78 bits per heavy atom. The van der Waals surface area contributed by atoms with E-state index in [-0.39, 0.29) is 11.9 Å². The molecule has 0 radical (unpaired) electrons. The van der Waals surface area contributed by atoms with Crippen molar-refractivity contribution in [2.75, 3.05) is 26.0 Å². The van der Waals surface area contributed by atoms with Crippen LogP contribution in [0.3, 0.4) is 0 Å². The molecule has 0 heterocycles. The van der Waals surface area contributed by atoms with Crippen LogP contribution in [0, 0.1) is 5.92 Å². The number of carbonyl (C=O) groups excluding carboxylic acids is 2. The number of benzene rings is 1. The van der Waals surface area contributed by atoms with Crippen molar-refractivity contribution in [3.05, 3.63) is 29.8 Å². The largest absolute Gasteiger partial charge is 0.446 e. The highest BCUT2D eigenvalue weighted by molar-refractivity contribution is 5.99. The number of ether oxygens (including phenoxy) is 1. The molecule has 23 heavy (non-hydrogen) atoms. The number of nitrogens with one attached hydrogen (secondary N) is 1. The highest BCUT2D eigenvalue weighted by atomic mass is 16.6. The smallest absolute Gasteiger partial charge is 0.411 e. The normalized spacial score (nSPS) is 21.0. The summed E-state index contributed by atoms with van der Waals surface area (Å²) in [5, 5.41) is 2.73. The number of likely N-dealkylation sites (N-methyl/N-ethyl adjacent to an activating group) is 1. The predicted octanol–water partition coefficient (Wildman–Crippen LogP) is 3.56. The fraction of sp³-hybridized carbons (Fsp3) is 0.556. The van der Waals surface area contributed by atoms with Gasteiger partial charge in [-0.15, -0.1) is 0 Å². The molecule has 0 spiro atoms. The van der Waals surface area contributed by atoms with Gasteiger partial charge in [0.25, 0.3) is 0 Å². The van der Waals surface area contributed by atoms with Gasteiger partial charge in [-0.1, -0.05) is 25.5 Å². The number of Topliss-reactive ketones (excluding diaryl/α,β-unsaturated/α-hetero) is 1. The summed E-state index contributed by atoms with van der Waals surface area (Å²) in [6.07, 6.45) is 3.72. The molecule has 2 atom stereocenters. The lowest BCUT2D eigenvalue weighted by molar-refractivity contribution is 0.0723. The Labute approximate surface area is 138 Å². The van der Waals surface area contributed by atoms with Crippen molar-refractivity contribution in [2.45, 2.75) is 38.7 Å². The Kier molecular flexibility index (Phi) is 6.16. The molecular formula is C18H26N2O3. The van der Waals surface area contributed by atoms with E-state index in [1.165, 1.54) is 6.42 Å². The van der Waals surface area contributed by atoms with Crippen LogP contribution in [-0.2, 0) is 4.74 Å². The molecule has 5 heteroatoms. The minimum absolute atomic E-state index is 0.00249. The summed E-state index contributed by atoms with van der Waals surface area (Å²) in [6, 6.07) is 6.97. The third-order valence-electron chi connectivity index (χ3n) is 4.05. The molecule has 1 aromatic carbocycles. The first-order valence-electron chi connectivity index (χ1n) is 8.19. The molecule has 2 unspecified atom stereocenters. The Morgan fingerprint density at radius 1 is 1.30 bits per heavy atom. The number of carbonyl (C=O) groups is 2. The van der Waals surface area contributed by atoms with Gasteiger partial charge in [-0.3, -0.25) is 10.1 Å². The van der Waals surface area contributed by atoms with Gasteiger partial charge in [-0.05, 0) is 51.4 Å². The fourth-order valence-electron chi connectivity index (χ4n) is 2.93. The first kappa shape index (κ1) is 17.5. The molecule has 1 aliphatic rings. The summed E-state index contributed by atoms with van der Waals surface area (Å²) in [4.78, 5) is 25.9. The first-order valence-corrected chi connectivity index (χ1v) is 8.19. The Morgan fingerprint density at radius 2 is 2.09 bits per heavy atom. The van der Waals surface area contributed by atoms with Gasteiger partial charge >= 0.3 is 6.09 Å². The SMILES string of the molecule is CC1CCCC(OC(=O)Nc2cccc(C(=O)CN(C)C)c2)C1. The standard InChI is InChI=1S/C18H26N2O3/c1-13-6-4-9-16(10-13)23-18(22)19-15-8-5-7-14(11-15)17(21)12-20(2)3/h5,7-8,11,13,16H,4,6,9-10,12H2,1-3H3,(H,19,22). The topological polar surface area (TPSA) is 58.6 Å². The maximum atomic E-state index is 12.1. The average Bonchev–Trinajstić information content (AvgIpc) is 2.46. The third-order valence-corrected chi connectivity index (χ3v) is 4.05. The molecule has 2 rings (SSSR count). The van der Waals surface area contributed by atoms with Crippen molar-refractivity contribution in [3.8, 4) is 0 Å². The van der Waals surface area contributed by atoms with Gasteiger partial charge < -0.3 is 9.64 Å². The van der Waals surface area contributed by atoms with Crippen molar-refractivity contribution in [2.24, 2.45) is 5.92 Å². The predicted molar refractivity (Wildman–Crippen MR) is 90.9 cm³/mol. The third kappa shape index (κ3) is 5.67. The Hall–Kier alpha value is -1.88. The van der Waals surface area contributed by atoms with Gasteiger partial charge in [0.15, 0.2) is 5.78 Å². The van der Waals surface area contributed by atoms with E-state index in [1.807, 2.05) is 19.0 Å². The lowest BCUT2D eigenvalue weighted by Crippen LogP contribution is -2.27. The van der Waals surface area contributed by atoms with Gasteiger partial charge in [-0.25, -0.2) is 4.79 Å². The highest BCUT2D eigenvalue weighted by Crippen LogP contribution is 2.26. The molecule has 1 aliphatic carbocycles. The molecule has 5 nitrogen and oxygen atoms in total. The Balaban J connectivity index is 1.91. The molecular weight excluding hydrogens is 292 g/mol. The minimum Gasteiger partial charge on any atom is -0.446 e. The number of ketones is 1. The van der Waals surface area contributed by atoms with Crippen LogP contribution in [0.2, 0.25) is 0 Å². The zero-order valence-corrected chi connectivity index (χ0v) is 14.2. The van der Waals surface area contributed by atoms with Crippen LogP contribution < -0.4 is 5.32 Å². The molecule has 0 aliphatic heterocycles. The molecule has 1 amide bonds. The van der Waals surface area contributed by atoms with E-state index in [4.69, 9.17) is 4.74 Å². The van der Waals surface area contributed by atoms with Crippen LogP contribution in [0.15, 0.2) is 24.3 Å². The molecule has 1 saturated carbocycles. The average molecular weight is 318 g/mol. The van der Waals surface area contributed by atoms with Crippen LogP contribution in [0.5, 0.6) is 0 Å². The number of amides is 1. The van der Waals surface area contributed by atoms with Crippen LogP contribution in [0.4, 0.5) is 10.5 Å². The van der Waals surface area contributed by atoms with Crippen molar-refractivity contribution in [1.82, 2.24) is 4.90 Å². The second-order valence-corrected chi connectivity index (χ2v) is 6.67. The van der Waals surface area contributed by atoms with Gasteiger partial charge in [0.1, 0.15) is 6.10 Å². The minimum atomic E-state index is -0.443. The number of hydrogen-bond donors (Lipinski definition) is 1. The van der Waals surface area contributed by atoms with E-state index in [0.717, 1.165) is 19.3 Å². The quantitative estimate of drug-likeness (QED) is 0.843. The lowest BCUT2D eigenvalue weighted by atomic mass is 9.89. The zero-order valence-electron chi connectivity index (χ0n) is 14.2. The molecule has 1 aromatic rings. The van der Waals surface area contributed by atoms with Crippen LogP contribution >= 0.6 is 0 Å². The fourth-order valence-corrected chi connectivity index (χ4v) is 2.93. The molecule has 1 fully saturated rings. The molecule has 126 valence electrons. The van der Waals surface area contributed by atoms with E-state index >= 15 is 0 Å². The monoisotopic (exact) mass is 318 g/mol. The number of anilines is 1. The number of hydrogen-bond acceptors (Lipinski definition) is 4. The summed E-state index contributed by atoms with van der Waals surface area (Å²) in [5.74, 6) is 0.627. The van der Waals surface area contributed by atoms with E-state index < -0.39 is 6.09 Å². The Bertz CT molecular complexity index is 557. The highest BCUT2D eigenvalue weighted by Gasteiger charge is 2.22. The van der Waals surface area contributed by atoms with Crippen molar-refractivity contribution in [1.29, 1.82) is 0 Å². The van der Waals surface area contributed by atoms with E-state index in [9.17, 15) is 9.59 Å². The maximum absolute atomic E-state index is 12.1. The maximum Gasteiger partial charge on any atom is 0.411 e. The van der Waals surface area contributed by atoms with Crippen molar-refractivity contribution < 1.29 is 14.3 Å². The van der Waals surface area contributed by atoms with Crippen molar-refractivity contribution in [3.63, 3.8) is 0 Å². The van der Waals surface area contributed by atoms with E-state index in [2.05, 4.69) is 12.2 Å². The molecule has 0 saturated heterocycles.